The molecule has 0 aromatic heterocycles. The zero-order valence-electron chi connectivity index (χ0n) is 6.14. The SMILES string of the molecule is C=CC[C](CC=C)C(=C)O. The monoisotopic (exact) mass is 137 g/mol. The van der Waals surface area contributed by atoms with Crippen LogP contribution in [0, 0.1) is 5.92 Å². The molecule has 0 spiro atoms. The van der Waals surface area contributed by atoms with Crippen LogP contribution in [0.25, 0.3) is 0 Å². The van der Waals surface area contributed by atoms with Crippen molar-refractivity contribution in [2.45, 2.75) is 12.8 Å². The maximum atomic E-state index is 8.95. The molecule has 0 saturated heterocycles. The first-order valence-corrected chi connectivity index (χ1v) is 3.17. The lowest BCUT2D eigenvalue weighted by molar-refractivity contribution is 0.401. The van der Waals surface area contributed by atoms with Crippen LogP contribution in [0.1, 0.15) is 12.8 Å². The molecule has 1 heteroatoms. The van der Waals surface area contributed by atoms with Crippen molar-refractivity contribution in [3.8, 4) is 0 Å². The van der Waals surface area contributed by atoms with Gasteiger partial charge in [0.2, 0.25) is 0 Å². The summed E-state index contributed by atoms with van der Waals surface area (Å²) in [7, 11) is 0. The maximum Gasteiger partial charge on any atom is 0.0929 e. The Morgan fingerprint density at radius 3 is 1.80 bits per heavy atom. The van der Waals surface area contributed by atoms with E-state index >= 15 is 0 Å². The second-order valence-electron chi connectivity index (χ2n) is 2.04. The number of rotatable bonds is 5. The van der Waals surface area contributed by atoms with Gasteiger partial charge in [-0.05, 0) is 12.8 Å². The highest BCUT2D eigenvalue weighted by Crippen LogP contribution is 2.18. The second kappa shape index (κ2) is 4.86. The largest absolute Gasteiger partial charge is 0.512 e. The molecule has 0 heterocycles. The van der Waals surface area contributed by atoms with E-state index < -0.39 is 0 Å². The van der Waals surface area contributed by atoms with Gasteiger partial charge in [-0.15, -0.1) is 13.2 Å². The number of hydrogen-bond donors (Lipinski definition) is 1. The van der Waals surface area contributed by atoms with Gasteiger partial charge in [0, 0.05) is 5.92 Å². The third-order valence-electron chi connectivity index (χ3n) is 1.19. The molecule has 55 valence electrons. The zero-order chi connectivity index (χ0) is 7.98. The van der Waals surface area contributed by atoms with E-state index in [2.05, 4.69) is 19.7 Å². The van der Waals surface area contributed by atoms with E-state index in [1.54, 1.807) is 12.2 Å². The van der Waals surface area contributed by atoms with Crippen LogP contribution in [-0.2, 0) is 0 Å². The van der Waals surface area contributed by atoms with Crippen LogP contribution in [0.15, 0.2) is 37.6 Å². The Bertz CT molecular complexity index is 126. The second-order valence-corrected chi connectivity index (χ2v) is 2.04. The molecule has 0 aromatic carbocycles. The molecular formula is C9H13O. The summed E-state index contributed by atoms with van der Waals surface area (Å²) in [5.74, 6) is 1.02. The van der Waals surface area contributed by atoms with Crippen molar-refractivity contribution in [1.82, 2.24) is 0 Å². The summed E-state index contributed by atoms with van der Waals surface area (Å²) in [5, 5.41) is 8.95. The first-order valence-electron chi connectivity index (χ1n) is 3.17. The van der Waals surface area contributed by atoms with Crippen molar-refractivity contribution in [1.29, 1.82) is 0 Å². The molecule has 1 N–H and O–H groups in total. The van der Waals surface area contributed by atoms with Crippen molar-refractivity contribution in [2.24, 2.45) is 0 Å². The summed E-state index contributed by atoms with van der Waals surface area (Å²) in [6, 6.07) is 0. The van der Waals surface area contributed by atoms with E-state index in [-0.39, 0.29) is 5.76 Å². The highest BCUT2D eigenvalue weighted by atomic mass is 16.3. The van der Waals surface area contributed by atoms with E-state index in [0.717, 1.165) is 5.92 Å². The Hall–Kier alpha value is -0.980. The third kappa shape index (κ3) is 3.13. The van der Waals surface area contributed by atoms with Gasteiger partial charge in [-0.25, -0.2) is 0 Å². The van der Waals surface area contributed by atoms with Crippen molar-refractivity contribution >= 4 is 0 Å². The Labute approximate surface area is 62.4 Å². The standard InChI is InChI=1S/C9H13O/c1-4-6-9(7-5-2)8(3)10/h4-5,10H,1-3,6-7H2. The minimum absolute atomic E-state index is 0.139. The van der Waals surface area contributed by atoms with Gasteiger partial charge in [0.25, 0.3) is 0 Å². The molecular weight excluding hydrogens is 124 g/mol. The van der Waals surface area contributed by atoms with Crippen molar-refractivity contribution < 1.29 is 5.11 Å². The lowest BCUT2D eigenvalue weighted by atomic mass is 10.0. The van der Waals surface area contributed by atoms with E-state index in [0.29, 0.717) is 12.8 Å². The summed E-state index contributed by atoms with van der Waals surface area (Å²) < 4.78 is 0. The Kier molecular flexibility index (Phi) is 4.38. The molecule has 0 saturated carbocycles. The van der Waals surface area contributed by atoms with E-state index in [4.69, 9.17) is 5.11 Å². The molecule has 10 heavy (non-hydrogen) atoms. The summed E-state index contributed by atoms with van der Waals surface area (Å²) in [6.45, 7) is 10.5. The van der Waals surface area contributed by atoms with E-state index in [1.807, 2.05) is 0 Å². The molecule has 1 nitrogen and oxygen atoms in total. The molecule has 0 aromatic rings. The van der Waals surface area contributed by atoms with Crippen LogP contribution < -0.4 is 0 Å². The highest BCUT2D eigenvalue weighted by molar-refractivity contribution is 5.17. The lowest BCUT2D eigenvalue weighted by Crippen LogP contribution is -1.96. The summed E-state index contributed by atoms with van der Waals surface area (Å²) >= 11 is 0. The summed E-state index contributed by atoms with van der Waals surface area (Å²) in [5.41, 5.74) is 0. The number of aliphatic hydroxyl groups is 1. The Morgan fingerprint density at radius 2 is 1.60 bits per heavy atom. The van der Waals surface area contributed by atoms with Gasteiger partial charge in [-0.2, -0.15) is 0 Å². The molecule has 1 radical (unpaired) electrons. The Balaban J connectivity index is 3.83. The van der Waals surface area contributed by atoms with Crippen molar-refractivity contribution in [2.75, 3.05) is 0 Å². The van der Waals surface area contributed by atoms with E-state index in [9.17, 15) is 0 Å². The van der Waals surface area contributed by atoms with Gasteiger partial charge in [-0.3, -0.25) is 0 Å². The fourth-order valence-corrected chi connectivity index (χ4v) is 0.667. The minimum Gasteiger partial charge on any atom is -0.512 e. The normalized spacial score (nSPS) is 9.30. The molecule has 0 aliphatic heterocycles. The topological polar surface area (TPSA) is 20.2 Å². The smallest absolute Gasteiger partial charge is 0.0929 e. The van der Waals surface area contributed by atoms with E-state index in [1.165, 1.54) is 0 Å². The van der Waals surface area contributed by atoms with Gasteiger partial charge in [-0.1, -0.05) is 18.7 Å². The quantitative estimate of drug-likeness (QED) is 0.456. The summed E-state index contributed by atoms with van der Waals surface area (Å²) in [6.07, 6.45) is 4.84. The number of aliphatic hydroxyl groups excluding tert-OH is 1. The van der Waals surface area contributed by atoms with Crippen molar-refractivity contribution in [3.63, 3.8) is 0 Å². The van der Waals surface area contributed by atoms with Gasteiger partial charge < -0.3 is 5.11 Å². The Morgan fingerprint density at radius 1 is 1.20 bits per heavy atom. The van der Waals surface area contributed by atoms with Gasteiger partial charge in [0.05, 0.1) is 5.76 Å². The molecule has 0 atom stereocenters. The van der Waals surface area contributed by atoms with Gasteiger partial charge >= 0.3 is 0 Å². The van der Waals surface area contributed by atoms with Gasteiger partial charge in [0.15, 0.2) is 0 Å². The molecule has 0 unspecified atom stereocenters. The average molecular weight is 137 g/mol. The zero-order valence-corrected chi connectivity index (χ0v) is 6.14. The van der Waals surface area contributed by atoms with Crippen LogP contribution in [0.4, 0.5) is 0 Å². The molecule has 0 aliphatic rings. The maximum absolute atomic E-state index is 8.95. The fraction of sp³-hybridized carbons (Fsp3) is 0.222. The van der Waals surface area contributed by atoms with Gasteiger partial charge in [0.1, 0.15) is 0 Å². The predicted molar refractivity (Wildman–Crippen MR) is 44.6 cm³/mol. The predicted octanol–water partition coefficient (Wildman–Crippen LogP) is 2.78. The molecule has 0 aliphatic carbocycles. The summed E-state index contributed by atoms with van der Waals surface area (Å²) in [4.78, 5) is 0. The van der Waals surface area contributed by atoms with Crippen LogP contribution in [-0.4, -0.2) is 5.11 Å². The first-order chi connectivity index (χ1) is 4.72. The number of hydrogen-bond acceptors (Lipinski definition) is 1. The first kappa shape index (κ1) is 9.02. The average Bonchev–Trinajstić information content (AvgIpc) is 1.87. The van der Waals surface area contributed by atoms with Crippen LogP contribution in [0.3, 0.4) is 0 Å². The fourth-order valence-electron chi connectivity index (χ4n) is 0.667. The minimum atomic E-state index is 0.139. The number of allylic oxidation sites excluding steroid dienone is 3. The van der Waals surface area contributed by atoms with Crippen LogP contribution >= 0.6 is 0 Å². The van der Waals surface area contributed by atoms with Crippen LogP contribution in [0.2, 0.25) is 0 Å². The molecule has 0 amide bonds. The van der Waals surface area contributed by atoms with Crippen molar-refractivity contribution in [3.05, 3.63) is 43.6 Å². The molecule has 0 rings (SSSR count). The molecule has 0 fully saturated rings. The lowest BCUT2D eigenvalue weighted by Gasteiger charge is -2.08. The van der Waals surface area contributed by atoms with Crippen LogP contribution in [0.5, 0.6) is 0 Å². The highest BCUT2D eigenvalue weighted by Gasteiger charge is 2.07. The third-order valence-corrected chi connectivity index (χ3v) is 1.19. The molecule has 0 bridgehead atoms.